The van der Waals surface area contributed by atoms with Crippen LogP contribution in [0.3, 0.4) is 0 Å². The number of para-hydroxylation sites is 1. The van der Waals surface area contributed by atoms with Gasteiger partial charge in [0.15, 0.2) is 11.7 Å². The number of nitriles is 1. The van der Waals surface area contributed by atoms with Crippen LogP contribution in [0.4, 0.5) is 5.69 Å². The number of ketones is 1. The maximum absolute atomic E-state index is 13.3. The molecule has 2 bridgehead atoms. The number of Topliss-reactive ketones (excluding diaryl/α,β-unsaturated/α-hetero) is 1. The summed E-state index contributed by atoms with van der Waals surface area (Å²) in [6, 6.07) is 10.8. The Hall–Kier alpha value is -3.43. The number of fused-ring (bicyclic) bond motifs is 1. The van der Waals surface area contributed by atoms with E-state index in [-0.39, 0.29) is 5.92 Å². The summed E-state index contributed by atoms with van der Waals surface area (Å²) in [5.74, 6) is -2.14. The number of carbonyl (C=O) groups excluding carboxylic acids is 2. The summed E-state index contributed by atoms with van der Waals surface area (Å²) >= 11 is 0. The smallest absolute Gasteiger partial charge is 0.249 e. The van der Waals surface area contributed by atoms with Crippen LogP contribution in [0.1, 0.15) is 25.7 Å². The van der Waals surface area contributed by atoms with Crippen LogP contribution >= 0.6 is 0 Å². The molecule has 6 heteroatoms. The summed E-state index contributed by atoms with van der Waals surface area (Å²) in [7, 11) is 1.97. The Labute approximate surface area is 181 Å². The van der Waals surface area contributed by atoms with Gasteiger partial charge in [-0.25, -0.2) is 5.43 Å². The molecule has 3 atom stereocenters. The van der Waals surface area contributed by atoms with Gasteiger partial charge in [0.1, 0.15) is 0 Å². The largest absolute Gasteiger partial charge is 0.325 e. The van der Waals surface area contributed by atoms with E-state index in [1.807, 2.05) is 30.3 Å². The molecule has 156 valence electrons. The molecule has 31 heavy (non-hydrogen) atoms. The third-order valence-electron chi connectivity index (χ3n) is 6.72. The van der Waals surface area contributed by atoms with Crippen LogP contribution in [-0.2, 0) is 9.59 Å². The molecule has 0 radical (unpaired) electrons. The number of rotatable bonds is 4. The van der Waals surface area contributed by atoms with Gasteiger partial charge < -0.3 is 10.3 Å². The molecule has 3 unspecified atom stereocenters. The van der Waals surface area contributed by atoms with E-state index in [1.54, 1.807) is 24.3 Å². The number of hydrogen-bond acceptors (Lipinski definition) is 5. The van der Waals surface area contributed by atoms with Crippen molar-refractivity contribution in [1.29, 1.82) is 5.26 Å². The van der Waals surface area contributed by atoms with Gasteiger partial charge in [0.05, 0.1) is 11.6 Å². The highest BCUT2D eigenvalue weighted by atomic mass is 16.2. The van der Waals surface area contributed by atoms with Gasteiger partial charge in [-0.05, 0) is 42.5 Å². The van der Waals surface area contributed by atoms with Crippen molar-refractivity contribution in [3.05, 3.63) is 77.1 Å². The van der Waals surface area contributed by atoms with E-state index in [0.29, 0.717) is 17.7 Å². The van der Waals surface area contributed by atoms with Crippen molar-refractivity contribution < 1.29 is 9.59 Å². The fourth-order valence-corrected chi connectivity index (χ4v) is 5.29. The second-order valence-corrected chi connectivity index (χ2v) is 8.56. The number of hydrogen-bond donors (Lipinski definition) is 2. The monoisotopic (exact) mass is 412 g/mol. The molecule has 1 aliphatic heterocycles. The SMILES string of the molecule is CN1NC23C=C(C(=O)C(C#N)C(=O)Nc4ccccc4)CC1=C2C=C1C=CCCCC13. The normalized spacial score (nSPS) is 26.8. The third-order valence-corrected chi connectivity index (χ3v) is 6.72. The van der Waals surface area contributed by atoms with Crippen molar-refractivity contribution in [2.75, 3.05) is 12.4 Å². The van der Waals surface area contributed by atoms with Crippen LogP contribution in [0.5, 0.6) is 0 Å². The number of benzene rings is 1. The zero-order valence-corrected chi connectivity index (χ0v) is 17.4. The highest BCUT2D eigenvalue weighted by Crippen LogP contribution is 2.53. The molecular formula is C25H24N4O2. The molecule has 0 aromatic heterocycles. The minimum Gasteiger partial charge on any atom is -0.325 e. The number of allylic oxidation sites excluding steroid dienone is 3. The number of anilines is 1. The maximum Gasteiger partial charge on any atom is 0.249 e. The van der Waals surface area contributed by atoms with Crippen LogP contribution in [0.15, 0.2) is 77.1 Å². The van der Waals surface area contributed by atoms with Gasteiger partial charge in [0.2, 0.25) is 5.91 Å². The van der Waals surface area contributed by atoms with Crippen molar-refractivity contribution in [1.82, 2.24) is 10.4 Å². The Bertz CT molecular complexity index is 1120. The average Bonchev–Trinajstić information content (AvgIpc) is 3.00. The zero-order chi connectivity index (χ0) is 21.6. The van der Waals surface area contributed by atoms with Crippen molar-refractivity contribution in [3.63, 3.8) is 0 Å². The van der Waals surface area contributed by atoms with Crippen molar-refractivity contribution in [3.8, 4) is 6.07 Å². The summed E-state index contributed by atoms with van der Waals surface area (Å²) in [5.41, 5.74) is 7.76. The zero-order valence-electron chi connectivity index (χ0n) is 17.4. The van der Waals surface area contributed by atoms with E-state index in [2.05, 4.69) is 29.0 Å². The molecule has 0 fully saturated rings. The lowest BCUT2D eigenvalue weighted by molar-refractivity contribution is -0.126. The lowest BCUT2D eigenvalue weighted by atomic mass is 9.74. The van der Waals surface area contributed by atoms with Gasteiger partial charge in [0, 0.05) is 36.3 Å². The second-order valence-electron chi connectivity index (χ2n) is 8.56. The number of nitrogens with zero attached hydrogens (tertiary/aromatic N) is 2. The summed E-state index contributed by atoms with van der Waals surface area (Å²) in [4.78, 5) is 26.1. The fourth-order valence-electron chi connectivity index (χ4n) is 5.29. The first kappa shape index (κ1) is 19.5. The molecule has 2 N–H and O–H groups in total. The number of amides is 1. The predicted molar refractivity (Wildman–Crippen MR) is 117 cm³/mol. The molecule has 0 saturated heterocycles. The first-order valence-corrected chi connectivity index (χ1v) is 10.7. The number of hydrazine groups is 1. The maximum atomic E-state index is 13.3. The van der Waals surface area contributed by atoms with E-state index < -0.39 is 23.1 Å². The second kappa shape index (κ2) is 7.36. The minimum absolute atomic E-state index is 0.239. The summed E-state index contributed by atoms with van der Waals surface area (Å²) in [5, 5.41) is 14.4. The predicted octanol–water partition coefficient (Wildman–Crippen LogP) is 3.40. The molecule has 1 aromatic rings. The fraction of sp³-hybridized carbons (Fsp3) is 0.320. The molecule has 1 heterocycles. The first-order chi connectivity index (χ1) is 15.0. The van der Waals surface area contributed by atoms with E-state index in [9.17, 15) is 14.9 Å². The summed E-state index contributed by atoms with van der Waals surface area (Å²) in [6.45, 7) is 0. The number of nitrogens with one attached hydrogen (secondary N) is 2. The number of carbonyl (C=O) groups is 2. The molecule has 5 rings (SSSR count). The Morgan fingerprint density at radius 2 is 2.13 bits per heavy atom. The van der Waals surface area contributed by atoms with Crippen LogP contribution in [0.25, 0.3) is 0 Å². The van der Waals surface area contributed by atoms with Crippen molar-refractivity contribution in [2.45, 2.75) is 31.2 Å². The van der Waals surface area contributed by atoms with Crippen LogP contribution in [0, 0.1) is 23.2 Å². The first-order valence-electron chi connectivity index (χ1n) is 10.7. The van der Waals surface area contributed by atoms with Gasteiger partial charge in [-0.3, -0.25) is 9.59 Å². The van der Waals surface area contributed by atoms with Gasteiger partial charge in [-0.1, -0.05) is 42.5 Å². The molecule has 1 amide bonds. The van der Waals surface area contributed by atoms with Gasteiger partial charge in [0.25, 0.3) is 0 Å². The Balaban J connectivity index is 1.45. The van der Waals surface area contributed by atoms with Crippen molar-refractivity contribution >= 4 is 17.4 Å². The molecule has 0 saturated carbocycles. The Kier molecular flexibility index (Phi) is 4.64. The highest BCUT2D eigenvalue weighted by Gasteiger charge is 2.54. The van der Waals surface area contributed by atoms with Gasteiger partial charge >= 0.3 is 0 Å². The standard InChI is InChI=1S/C25H24N4O2/c1-29-22-13-17(23(30)19(15-26)24(31)27-18-9-5-3-6-10-18)14-25(28-29)20-11-7-2-4-8-16(20)12-21(22)25/h3-6,8-10,12,14,19-20,28H,2,7,11,13H2,1H3,(H,27,31). The van der Waals surface area contributed by atoms with Gasteiger partial charge in [-0.2, -0.15) is 5.26 Å². The highest BCUT2D eigenvalue weighted by molar-refractivity contribution is 6.15. The van der Waals surface area contributed by atoms with Crippen LogP contribution in [0.2, 0.25) is 0 Å². The van der Waals surface area contributed by atoms with Crippen LogP contribution in [-0.4, -0.2) is 29.3 Å². The molecule has 6 nitrogen and oxygen atoms in total. The Morgan fingerprint density at radius 1 is 1.32 bits per heavy atom. The molecular weight excluding hydrogens is 388 g/mol. The molecule has 3 aliphatic carbocycles. The summed E-state index contributed by atoms with van der Waals surface area (Å²) in [6.07, 6.45) is 12.2. The lowest BCUT2D eigenvalue weighted by Gasteiger charge is -2.34. The summed E-state index contributed by atoms with van der Waals surface area (Å²) < 4.78 is 0. The molecule has 1 aromatic carbocycles. The average molecular weight is 412 g/mol. The third kappa shape index (κ3) is 3.05. The van der Waals surface area contributed by atoms with Gasteiger partial charge in [-0.15, -0.1) is 0 Å². The van der Waals surface area contributed by atoms with E-state index >= 15 is 0 Å². The minimum atomic E-state index is -1.38. The molecule has 4 aliphatic rings. The van der Waals surface area contributed by atoms with E-state index in [0.717, 1.165) is 25.0 Å². The Morgan fingerprint density at radius 3 is 2.90 bits per heavy atom. The topological polar surface area (TPSA) is 85.2 Å². The molecule has 0 spiro atoms. The van der Waals surface area contributed by atoms with Crippen LogP contribution < -0.4 is 10.7 Å². The lowest BCUT2D eigenvalue weighted by Crippen LogP contribution is -2.49. The van der Waals surface area contributed by atoms with Crippen molar-refractivity contribution in [2.24, 2.45) is 11.8 Å². The van der Waals surface area contributed by atoms with E-state index in [4.69, 9.17) is 0 Å². The van der Waals surface area contributed by atoms with E-state index in [1.165, 1.54) is 11.1 Å². The quantitative estimate of drug-likeness (QED) is 0.741.